The van der Waals surface area contributed by atoms with Crippen molar-refractivity contribution in [2.75, 3.05) is 0 Å². The number of hydrogen-bond donors (Lipinski definition) is 4. The van der Waals surface area contributed by atoms with E-state index < -0.39 is 24.0 Å². The SMILES string of the molecule is CC(C)CC(NC(Cc1cc(C2=NC3C=CC=CC3N2)on1)C(=O)O)C(=O)O. The first-order chi connectivity index (χ1) is 13.3. The first-order valence-electron chi connectivity index (χ1n) is 9.20. The summed E-state index contributed by atoms with van der Waals surface area (Å²) in [6, 6.07) is -0.352. The summed E-state index contributed by atoms with van der Waals surface area (Å²) in [4.78, 5) is 27.6. The van der Waals surface area contributed by atoms with Crippen molar-refractivity contribution in [3.8, 4) is 0 Å². The number of carbonyl (C=O) groups is 2. The Morgan fingerprint density at radius 3 is 2.57 bits per heavy atom. The molecule has 0 saturated heterocycles. The van der Waals surface area contributed by atoms with E-state index in [4.69, 9.17) is 4.52 Å². The highest BCUT2D eigenvalue weighted by Gasteiger charge is 2.30. The fraction of sp³-hybridized carbons (Fsp3) is 0.474. The Hall–Kier alpha value is -2.94. The number of aliphatic carboxylic acids is 2. The van der Waals surface area contributed by atoms with Gasteiger partial charge in [0.15, 0.2) is 5.84 Å². The van der Waals surface area contributed by atoms with Crippen LogP contribution >= 0.6 is 0 Å². The van der Waals surface area contributed by atoms with E-state index in [1.165, 1.54) is 0 Å². The molecule has 4 unspecified atom stereocenters. The van der Waals surface area contributed by atoms with E-state index in [1.807, 2.05) is 38.2 Å². The molecule has 0 saturated carbocycles. The minimum atomic E-state index is -1.14. The van der Waals surface area contributed by atoms with Gasteiger partial charge >= 0.3 is 11.9 Å². The van der Waals surface area contributed by atoms with Gasteiger partial charge in [0, 0.05) is 12.5 Å². The van der Waals surface area contributed by atoms with Crippen LogP contribution in [0.1, 0.15) is 31.7 Å². The average Bonchev–Trinajstić information content (AvgIpc) is 3.26. The number of rotatable bonds is 9. The molecule has 1 aliphatic carbocycles. The second-order valence-electron chi connectivity index (χ2n) is 7.37. The van der Waals surface area contributed by atoms with Crippen LogP contribution in [0.3, 0.4) is 0 Å². The van der Waals surface area contributed by atoms with Gasteiger partial charge in [-0.15, -0.1) is 0 Å². The van der Waals surface area contributed by atoms with Gasteiger partial charge in [-0.3, -0.25) is 19.9 Å². The van der Waals surface area contributed by atoms with E-state index in [-0.39, 0.29) is 24.4 Å². The molecule has 3 rings (SSSR count). The number of aliphatic imine (C=N–C) groups is 1. The molecular formula is C19H24N4O5. The molecule has 0 bridgehead atoms. The standard InChI is InChI=1S/C19H24N4O5/c1-10(2)7-14(18(24)25)20-15(19(26)27)8-11-9-16(28-23-11)17-21-12-5-3-4-6-13(12)22-17/h3-6,9-10,12-15,20H,7-8H2,1-2H3,(H,21,22)(H,24,25)(H,26,27). The number of amidine groups is 1. The molecule has 0 amide bonds. The van der Waals surface area contributed by atoms with Gasteiger partial charge in [-0.1, -0.05) is 43.3 Å². The number of allylic oxidation sites excluding steroid dienone is 2. The van der Waals surface area contributed by atoms with Crippen LogP contribution in [-0.2, 0) is 16.0 Å². The van der Waals surface area contributed by atoms with Crippen molar-refractivity contribution in [3.05, 3.63) is 41.8 Å². The van der Waals surface area contributed by atoms with Crippen molar-refractivity contribution in [3.63, 3.8) is 0 Å². The van der Waals surface area contributed by atoms with Crippen molar-refractivity contribution >= 4 is 17.8 Å². The van der Waals surface area contributed by atoms with Gasteiger partial charge in [0.05, 0.1) is 17.8 Å². The zero-order valence-corrected chi connectivity index (χ0v) is 15.7. The molecule has 4 N–H and O–H groups in total. The average molecular weight is 388 g/mol. The number of carboxylic acids is 2. The van der Waals surface area contributed by atoms with Crippen LogP contribution in [0.15, 0.2) is 39.9 Å². The van der Waals surface area contributed by atoms with E-state index in [0.29, 0.717) is 23.7 Å². The van der Waals surface area contributed by atoms with Crippen LogP contribution in [0.4, 0.5) is 0 Å². The van der Waals surface area contributed by atoms with Crippen LogP contribution < -0.4 is 10.6 Å². The Balaban J connectivity index is 1.68. The van der Waals surface area contributed by atoms with Crippen molar-refractivity contribution in [2.24, 2.45) is 10.9 Å². The van der Waals surface area contributed by atoms with E-state index in [0.717, 1.165) is 0 Å². The summed E-state index contributed by atoms with van der Waals surface area (Å²) >= 11 is 0. The third-order valence-electron chi connectivity index (χ3n) is 4.60. The van der Waals surface area contributed by atoms with Crippen LogP contribution in [0.2, 0.25) is 0 Å². The van der Waals surface area contributed by atoms with Gasteiger partial charge in [-0.2, -0.15) is 0 Å². The largest absolute Gasteiger partial charge is 0.480 e. The number of hydrogen-bond acceptors (Lipinski definition) is 7. The molecule has 9 heteroatoms. The van der Waals surface area contributed by atoms with Crippen LogP contribution in [0, 0.1) is 5.92 Å². The fourth-order valence-electron chi connectivity index (χ4n) is 3.23. The lowest BCUT2D eigenvalue weighted by atomic mass is 10.0. The maximum Gasteiger partial charge on any atom is 0.321 e. The van der Waals surface area contributed by atoms with Gasteiger partial charge < -0.3 is 20.1 Å². The first-order valence-corrected chi connectivity index (χ1v) is 9.20. The quantitative estimate of drug-likeness (QED) is 0.491. The monoisotopic (exact) mass is 388 g/mol. The minimum Gasteiger partial charge on any atom is -0.480 e. The Morgan fingerprint density at radius 1 is 1.21 bits per heavy atom. The second kappa shape index (κ2) is 8.39. The topological polar surface area (TPSA) is 137 Å². The van der Waals surface area contributed by atoms with Crippen LogP contribution in [0.5, 0.6) is 0 Å². The number of nitrogens with zero attached hydrogens (tertiary/aromatic N) is 2. The van der Waals surface area contributed by atoms with Gasteiger partial charge in [0.25, 0.3) is 0 Å². The molecule has 150 valence electrons. The summed E-state index contributed by atoms with van der Waals surface area (Å²) < 4.78 is 5.32. The fourth-order valence-corrected chi connectivity index (χ4v) is 3.23. The third kappa shape index (κ3) is 4.66. The molecule has 2 aliphatic rings. The Labute approximate surface area is 162 Å². The number of fused-ring (bicyclic) bond motifs is 1. The second-order valence-corrected chi connectivity index (χ2v) is 7.37. The Kier molecular flexibility index (Phi) is 5.93. The summed E-state index contributed by atoms with van der Waals surface area (Å²) in [5, 5.41) is 28.7. The van der Waals surface area contributed by atoms with Gasteiger partial charge in [-0.05, 0) is 12.3 Å². The molecule has 0 radical (unpaired) electrons. The summed E-state index contributed by atoms with van der Waals surface area (Å²) in [6.45, 7) is 3.77. The van der Waals surface area contributed by atoms with E-state index in [1.54, 1.807) is 6.07 Å². The highest BCUT2D eigenvalue weighted by atomic mass is 16.5. The van der Waals surface area contributed by atoms with E-state index in [2.05, 4.69) is 20.8 Å². The Bertz CT molecular complexity index is 826. The third-order valence-corrected chi connectivity index (χ3v) is 4.60. The predicted molar refractivity (Wildman–Crippen MR) is 101 cm³/mol. The van der Waals surface area contributed by atoms with Gasteiger partial charge in [0.1, 0.15) is 12.1 Å². The van der Waals surface area contributed by atoms with Crippen LogP contribution in [0.25, 0.3) is 0 Å². The highest BCUT2D eigenvalue weighted by molar-refractivity contribution is 5.98. The smallest absolute Gasteiger partial charge is 0.321 e. The summed E-state index contributed by atoms with van der Waals surface area (Å²) in [7, 11) is 0. The van der Waals surface area contributed by atoms with Crippen molar-refractivity contribution < 1.29 is 24.3 Å². The molecule has 4 atom stereocenters. The zero-order chi connectivity index (χ0) is 20.3. The summed E-state index contributed by atoms with van der Waals surface area (Å²) in [5.74, 6) is -1.12. The highest BCUT2D eigenvalue weighted by Crippen LogP contribution is 2.18. The molecular weight excluding hydrogens is 364 g/mol. The molecule has 1 aromatic rings. The Morgan fingerprint density at radius 2 is 1.93 bits per heavy atom. The van der Waals surface area contributed by atoms with Gasteiger partial charge in [0.2, 0.25) is 5.76 Å². The van der Waals surface area contributed by atoms with E-state index >= 15 is 0 Å². The lowest BCUT2D eigenvalue weighted by Gasteiger charge is -2.21. The van der Waals surface area contributed by atoms with Crippen LogP contribution in [-0.4, -0.2) is 57.3 Å². The molecule has 0 aromatic carbocycles. The molecule has 0 fully saturated rings. The minimum absolute atomic E-state index is 0.000646. The normalized spacial score (nSPS) is 22.5. The molecule has 2 heterocycles. The summed E-state index contributed by atoms with van der Waals surface area (Å²) in [6.07, 6.45) is 8.18. The van der Waals surface area contributed by atoms with Crippen molar-refractivity contribution in [2.45, 2.75) is 50.9 Å². The predicted octanol–water partition coefficient (Wildman–Crippen LogP) is 0.972. The molecule has 1 aliphatic heterocycles. The number of nitrogens with one attached hydrogen (secondary N) is 2. The number of carboxylic acid groups (broad SMARTS) is 2. The summed E-state index contributed by atoms with van der Waals surface area (Å²) in [5.41, 5.74) is 0.411. The van der Waals surface area contributed by atoms with Crippen molar-refractivity contribution in [1.82, 2.24) is 15.8 Å². The first kappa shape index (κ1) is 19.8. The van der Waals surface area contributed by atoms with Gasteiger partial charge in [-0.25, -0.2) is 0 Å². The number of aromatic nitrogens is 1. The molecule has 9 nitrogen and oxygen atoms in total. The van der Waals surface area contributed by atoms with Crippen molar-refractivity contribution in [1.29, 1.82) is 0 Å². The van der Waals surface area contributed by atoms with E-state index in [9.17, 15) is 19.8 Å². The lowest BCUT2D eigenvalue weighted by Crippen LogP contribution is -2.48. The maximum atomic E-state index is 11.6. The maximum absolute atomic E-state index is 11.6. The molecule has 1 aromatic heterocycles. The lowest BCUT2D eigenvalue weighted by molar-refractivity contribution is -0.142. The molecule has 28 heavy (non-hydrogen) atoms. The molecule has 0 spiro atoms. The zero-order valence-electron chi connectivity index (χ0n) is 15.7.